The van der Waals surface area contributed by atoms with Crippen LogP contribution in [0.4, 0.5) is 0 Å². The van der Waals surface area contributed by atoms with Gasteiger partial charge in [0, 0.05) is 30.0 Å². The summed E-state index contributed by atoms with van der Waals surface area (Å²) in [6.45, 7) is 0. The van der Waals surface area contributed by atoms with Gasteiger partial charge in [-0.05, 0) is 12.1 Å². The Morgan fingerprint density at radius 1 is 1.22 bits per heavy atom. The third-order valence-electron chi connectivity index (χ3n) is 2.98. The highest BCUT2D eigenvalue weighted by molar-refractivity contribution is 7.19. The maximum Gasteiger partial charge on any atom is 0.143 e. The second-order valence-electron chi connectivity index (χ2n) is 4.05. The van der Waals surface area contributed by atoms with Crippen molar-refractivity contribution in [3.63, 3.8) is 0 Å². The van der Waals surface area contributed by atoms with Crippen molar-refractivity contribution in [3.05, 3.63) is 53.2 Å². The topological polar surface area (TPSA) is 51.6 Å². The van der Waals surface area contributed by atoms with Crippen molar-refractivity contribution in [3.8, 4) is 0 Å². The minimum atomic E-state index is 0.858. The summed E-state index contributed by atoms with van der Waals surface area (Å²) in [5.41, 5.74) is 4.25. The van der Waals surface area contributed by atoms with Crippen LogP contribution < -0.4 is 0 Å². The molecule has 1 aliphatic carbocycles. The van der Waals surface area contributed by atoms with Gasteiger partial charge in [-0.1, -0.05) is 17.4 Å². The fourth-order valence-corrected chi connectivity index (χ4v) is 3.10. The number of thiazole rings is 1. The maximum atomic E-state index is 4.63. The number of rotatable bonds is 1. The molecule has 0 bridgehead atoms. The molecule has 3 heterocycles. The van der Waals surface area contributed by atoms with E-state index < -0.39 is 0 Å². The molecular weight excluding hydrogens is 244 g/mol. The first-order chi connectivity index (χ1) is 8.92. The van der Waals surface area contributed by atoms with Crippen LogP contribution >= 0.6 is 11.3 Å². The monoisotopic (exact) mass is 252 g/mol. The molecule has 18 heavy (non-hydrogen) atoms. The molecule has 1 aliphatic rings. The molecule has 3 aromatic heterocycles. The van der Waals surface area contributed by atoms with E-state index in [4.69, 9.17) is 0 Å². The standard InChI is InChI=1S/C13H8N4S/c1-2-11-13(15-5-1)18-12(17-11)8-3-4-10-9(8)6-14-7-16-10/h1-3,5-7H,4H2. The summed E-state index contributed by atoms with van der Waals surface area (Å²) >= 11 is 1.61. The second-order valence-corrected chi connectivity index (χ2v) is 5.03. The summed E-state index contributed by atoms with van der Waals surface area (Å²) in [6, 6.07) is 3.90. The van der Waals surface area contributed by atoms with Crippen molar-refractivity contribution in [2.75, 3.05) is 0 Å². The lowest BCUT2D eigenvalue weighted by Crippen LogP contribution is -1.91. The average Bonchev–Trinajstić information content (AvgIpc) is 3.02. The maximum absolute atomic E-state index is 4.63. The zero-order chi connectivity index (χ0) is 11.9. The van der Waals surface area contributed by atoms with Gasteiger partial charge >= 0.3 is 0 Å². The van der Waals surface area contributed by atoms with Gasteiger partial charge < -0.3 is 0 Å². The van der Waals surface area contributed by atoms with Crippen molar-refractivity contribution < 1.29 is 0 Å². The smallest absolute Gasteiger partial charge is 0.143 e. The first kappa shape index (κ1) is 9.85. The molecule has 86 valence electrons. The van der Waals surface area contributed by atoms with Crippen LogP contribution in [0.15, 0.2) is 36.9 Å². The molecule has 4 rings (SSSR count). The van der Waals surface area contributed by atoms with Crippen LogP contribution in [0.25, 0.3) is 15.9 Å². The number of nitrogens with zero attached hydrogens (tertiary/aromatic N) is 4. The van der Waals surface area contributed by atoms with E-state index in [1.807, 2.05) is 18.3 Å². The molecule has 0 aromatic carbocycles. The van der Waals surface area contributed by atoms with E-state index in [9.17, 15) is 0 Å². The molecule has 4 nitrogen and oxygen atoms in total. The van der Waals surface area contributed by atoms with Crippen LogP contribution in [0.1, 0.15) is 16.3 Å². The zero-order valence-electron chi connectivity index (χ0n) is 9.37. The van der Waals surface area contributed by atoms with Gasteiger partial charge in [0.25, 0.3) is 0 Å². The van der Waals surface area contributed by atoms with Gasteiger partial charge in [-0.2, -0.15) is 0 Å². The predicted molar refractivity (Wildman–Crippen MR) is 70.2 cm³/mol. The quantitative estimate of drug-likeness (QED) is 0.667. The van der Waals surface area contributed by atoms with Crippen molar-refractivity contribution >= 4 is 27.3 Å². The largest absolute Gasteiger partial charge is 0.244 e. The average molecular weight is 252 g/mol. The normalized spacial score (nSPS) is 13.7. The summed E-state index contributed by atoms with van der Waals surface area (Å²) in [7, 11) is 0. The lowest BCUT2D eigenvalue weighted by Gasteiger charge is -1.99. The minimum Gasteiger partial charge on any atom is -0.244 e. The van der Waals surface area contributed by atoms with Crippen molar-refractivity contribution in [2.24, 2.45) is 0 Å². The van der Waals surface area contributed by atoms with E-state index in [2.05, 4.69) is 26.0 Å². The van der Waals surface area contributed by atoms with Crippen LogP contribution in [-0.2, 0) is 6.42 Å². The van der Waals surface area contributed by atoms with Gasteiger partial charge in [0.05, 0.1) is 5.69 Å². The third-order valence-corrected chi connectivity index (χ3v) is 3.99. The number of hydrogen-bond donors (Lipinski definition) is 0. The highest BCUT2D eigenvalue weighted by Gasteiger charge is 2.19. The van der Waals surface area contributed by atoms with Gasteiger partial charge in [0.15, 0.2) is 0 Å². The molecule has 0 atom stereocenters. The van der Waals surface area contributed by atoms with Crippen molar-refractivity contribution in [2.45, 2.75) is 6.42 Å². The molecule has 3 aromatic rings. The number of hydrogen-bond acceptors (Lipinski definition) is 5. The van der Waals surface area contributed by atoms with E-state index in [0.29, 0.717) is 0 Å². The van der Waals surface area contributed by atoms with E-state index in [0.717, 1.165) is 38.6 Å². The van der Waals surface area contributed by atoms with Crippen LogP contribution in [-0.4, -0.2) is 19.9 Å². The molecule has 0 aliphatic heterocycles. The molecule has 0 saturated heterocycles. The van der Waals surface area contributed by atoms with E-state index >= 15 is 0 Å². The van der Waals surface area contributed by atoms with Crippen LogP contribution in [0.3, 0.4) is 0 Å². The number of fused-ring (bicyclic) bond motifs is 2. The first-order valence-corrected chi connectivity index (χ1v) is 6.45. The molecular formula is C13H8N4S. The van der Waals surface area contributed by atoms with E-state index in [1.165, 1.54) is 0 Å². The van der Waals surface area contributed by atoms with E-state index in [1.54, 1.807) is 23.9 Å². The van der Waals surface area contributed by atoms with Crippen molar-refractivity contribution in [1.29, 1.82) is 0 Å². The van der Waals surface area contributed by atoms with E-state index in [-0.39, 0.29) is 0 Å². The Bertz CT molecular complexity index is 742. The minimum absolute atomic E-state index is 0.858. The lowest BCUT2D eigenvalue weighted by atomic mass is 10.2. The third kappa shape index (κ3) is 1.37. The predicted octanol–water partition coefficient (Wildman–Crippen LogP) is 2.47. The Morgan fingerprint density at radius 2 is 2.22 bits per heavy atom. The highest BCUT2D eigenvalue weighted by atomic mass is 32.1. The second kappa shape index (κ2) is 3.68. The molecule has 0 N–H and O–H groups in total. The Kier molecular flexibility index (Phi) is 2.01. The van der Waals surface area contributed by atoms with Gasteiger partial charge in [-0.3, -0.25) is 0 Å². The summed E-state index contributed by atoms with van der Waals surface area (Å²) in [4.78, 5) is 18.3. The summed E-state index contributed by atoms with van der Waals surface area (Å²) < 4.78 is 0. The van der Waals surface area contributed by atoms with Gasteiger partial charge in [-0.25, -0.2) is 19.9 Å². The fourth-order valence-electron chi connectivity index (χ4n) is 2.14. The molecule has 0 amide bonds. The molecule has 0 fully saturated rings. The SMILES string of the molecule is C1=C(c2nc3cccnc3s2)c2cncnc2C1. The Hall–Kier alpha value is -2.14. The van der Waals surface area contributed by atoms with Crippen molar-refractivity contribution in [1.82, 2.24) is 19.9 Å². The Balaban J connectivity index is 1.89. The Morgan fingerprint density at radius 3 is 3.17 bits per heavy atom. The molecule has 5 heteroatoms. The van der Waals surface area contributed by atoms with Crippen LogP contribution in [0, 0.1) is 0 Å². The highest BCUT2D eigenvalue weighted by Crippen LogP contribution is 2.34. The summed E-state index contributed by atoms with van der Waals surface area (Å²) in [5, 5.41) is 0.997. The number of aromatic nitrogens is 4. The summed E-state index contributed by atoms with van der Waals surface area (Å²) in [6.07, 6.45) is 8.27. The zero-order valence-corrected chi connectivity index (χ0v) is 10.2. The molecule has 0 radical (unpaired) electrons. The first-order valence-electron chi connectivity index (χ1n) is 5.63. The summed E-state index contributed by atoms with van der Waals surface area (Å²) in [5.74, 6) is 0. The lowest BCUT2D eigenvalue weighted by molar-refractivity contribution is 1.06. The van der Waals surface area contributed by atoms with Gasteiger partial charge in [0.2, 0.25) is 0 Å². The fraction of sp³-hybridized carbons (Fsp3) is 0.0769. The molecule has 0 unspecified atom stereocenters. The molecule has 0 saturated carbocycles. The molecule has 0 spiro atoms. The van der Waals surface area contributed by atoms with Gasteiger partial charge in [-0.15, -0.1) is 0 Å². The van der Waals surface area contributed by atoms with Crippen LogP contribution in [0.5, 0.6) is 0 Å². The Labute approximate surface area is 107 Å². The number of allylic oxidation sites excluding steroid dienone is 1. The number of pyridine rings is 1. The van der Waals surface area contributed by atoms with Crippen LogP contribution in [0.2, 0.25) is 0 Å². The van der Waals surface area contributed by atoms with Gasteiger partial charge in [0.1, 0.15) is 21.7 Å².